The fourth-order valence-electron chi connectivity index (χ4n) is 1.09. The molecular weight excluding hydrogens is 192 g/mol. The van der Waals surface area contributed by atoms with Crippen LogP contribution < -0.4 is 4.74 Å². The van der Waals surface area contributed by atoms with Gasteiger partial charge in [-0.2, -0.15) is 0 Å². The quantitative estimate of drug-likeness (QED) is 0.560. The van der Waals surface area contributed by atoms with E-state index in [1.165, 1.54) is 6.92 Å². The van der Waals surface area contributed by atoms with Crippen LogP contribution in [0.2, 0.25) is 0 Å². The summed E-state index contributed by atoms with van der Waals surface area (Å²) in [6.45, 7) is 1.97. The Labute approximate surface area is 89.3 Å². The zero-order valence-corrected chi connectivity index (χ0v) is 8.90. The average Bonchev–Trinajstić information content (AvgIpc) is 2.20. The van der Waals surface area contributed by atoms with Crippen LogP contribution in [0, 0.1) is 0 Å². The predicted molar refractivity (Wildman–Crippen MR) is 58.7 cm³/mol. The number of esters is 1. The molecule has 0 aromatic heterocycles. The van der Waals surface area contributed by atoms with Crippen molar-refractivity contribution in [2.75, 3.05) is 13.7 Å². The van der Waals surface area contributed by atoms with Crippen LogP contribution in [0.3, 0.4) is 0 Å². The number of hydrogen-bond donors (Lipinski definition) is 0. The Morgan fingerprint density at radius 2 is 2.00 bits per heavy atom. The molecule has 0 amide bonds. The first kappa shape index (κ1) is 11.5. The summed E-state index contributed by atoms with van der Waals surface area (Å²) in [5.74, 6) is 0.254. The van der Waals surface area contributed by atoms with Gasteiger partial charge in [0.25, 0.3) is 0 Å². The summed E-state index contributed by atoms with van der Waals surface area (Å²) in [6.07, 6.45) is 3.86. The lowest BCUT2D eigenvalue weighted by molar-refractivity contribution is -0.131. The predicted octanol–water partition coefficient (Wildman–Crippen LogP) is 2.27. The minimum absolute atomic E-state index is 0.308. The molecule has 0 spiro atoms. The van der Waals surface area contributed by atoms with Crippen LogP contribution in [0.4, 0.5) is 0 Å². The van der Waals surface area contributed by atoms with Gasteiger partial charge >= 0.3 is 5.97 Å². The number of methoxy groups -OCH3 is 1. The van der Waals surface area contributed by atoms with E-state index in [4.69, 9.17) is 9.47 Å². The fraction of sp³-hybridized carbons (Fsp3) is 0.250. The van der Waals surface area contributed by atoms with Gasteiger partial charge in [-0.05, 0) is 17.7 Å². The molecule has 0 aliphatic carbocycles. The number of benzene rings is 1. The summed E-state index contributed by atoms with van der Waals surface area (Å²) in [5.41, 5.74) is 1.04. The monoisotopic (exact) mass is 206 g/mol. The molecule has 3 heteroatoms. The van der Waals surface area contributed by atoms with Gasteiger partial charge in [0.2, 0.25) is 0 Å². The van der Waals surface area contributed by atoms with E-state index in [2.05, 4.69) is 0 Å². The zero-order valence-electron chi connectivity index (χ0n) is 8.90. The van der Waals surface area contributed by atoms with E-state index in [1.807, 2.05) is 24.3 Å². The Morgan fingerprint density at radius 1 is 1.33 bits per heavy atom. The van der Waals surface area contributed by atoms with Crippen LogP contribution in [-0.4, -0.2) is 19.7 Å². The second kappa shape index (κ2) is 5.98. The first-order valence-electron chi connectivity index (χ1n) is 4.66. The molecule has 0 bridgehead atoms. The molecule has 0 saturated heterocycles. The van der Waals surface area contributed by atoms with E-state index in [0.29, 0.717) is 12.4 Å². The van der Waals surface area contributed by atoms with Crippen LogP contribution in [0.15, 0.2) is 30.3 Å². The molecule has 1 aromatic carbocycles. The largest absolute Gasteiger partial charge is 0.427 e. The van der Waals surface area contributed by atoms with Gasteiger partial charge in [0.05, 0.1) is 6.61 Å². The molecule has 80 valence electrons. The zero-order chi connectivity index (χ0) is 11.1. The van der Waals surface area contributed by atoms with Crippen LogP contribution >= 0.6 is 0 Å². The normalized spacial score (nSPS) is 10.5. The number of carbonyl (C=O) groups is 1. The van der Waals surface area contributed by atoms with Crippen LogP contribution in [0.5, 0.6) is 5.75 Å². The Balaban J connectivity index is 2.60. The minimum Gasteiger partial charge on any atom is -0.427 e. The van der Waals surface area contributed by atoms with Gasteiger partial charge in [0, 0.05) is 14.0 Å². The second-order valence-corrected chi connectivity index (χ2v) is 3.02. The molecule has 0 heterocycles. The Bertz CT molecular complexity index is 338. The molecule has 1 rings (SSSR count). The Hall–Kier alpha value is -1.61. The summed E-state index contributed by atoms with van der Waals surface area (Å²) in [6, 6.07) is 7.27. The van der Waals surface area contributed by atoms with E-state index in [0.717, 1.165) is 5.56 Å². The third kappa shape index (κ3) is 4.42. The molecular formula is C12H14O3. The van der Waals surface area contributed by atoms with Crippen molar-refractivity contribution in [2.45, 2.75) is 6.92 Å². The van der Waals surface area contributed by atoms with Crippen molar-refractivity contribution < 1.29 is 14.3 Å². The van der Waals surface area contributed by atoms with E-state index < -0.39 is 0 Å². The number of rotatable bonds is 4. The van der Waals surface area contributed by atoms with Gasteiger partial charge in [-0.15, -0.1) is 0 Å². The molecule has 0 unspecified atom stereocenters. The van der Waals surface area contributed by atoms with Gasteiger partial charge < -0.3 is 9.47 Å². The SMILES string of the molecule is COCC=Cc1ccc(OC(C)=O)cc1. The van der Waals surface area contributed by atoms with Crippen LogP contribution in [0.25, 0.3) is 6.08 Å². The summed E-state index contributed by atoms with van der Waals surface area (Å²) >= 11 is 0. The highest BCUT2D eigenvalue weighted by Crippen LogP contribution is 2.13. The molecule has 1 aromatic rings. The maximum absolute atomic E-state index is 10.7. The third-order valence-corrected chi connectivity index (χ3v) is 1.71. The van der Waals surface area contributed by atoms with Crippen molar-refractivity contribution in [3.8, 4) is 5.75 Å². The van der Waals surface area contributed by atoms with E-state index in [-0.39, 0.29) is 5.97 Å². The van der Waals surface area contributed by atoms with E-state index in [1.54, 1.807) is 19.2 Å². The van der Waals surface area contributed by atoms with Gasteiger partial charge in [0.15, 0.2) is 0 Å². The first-order valence-corrected chi connectivity index (χ1v) is 4.66. The first-order chi connectivity index (χ1) is 7.22. The minimum atomic E-state index is -0.308. The van der Waals surface area contributed by atoms with Gasteiger partial charge in [-0.25, -0.2) is 0 Å². The van der Waals surface area contributed by atoms with Crippen molar-refractivity contribution in [1.29, 1.82) is 0 Å². The van der Waals surface area contributed by atoms with Crippen molar-refractivity contribution in [1.82, 2.24) is 0 Å². The molecule has 15 heavy (non-hydrogen) atoms. The van der Waals surface area contributed by atoms with Gasteiger partial charge in [-0.3, -0.25) is 4.79 Å². The Morgan fingerprint density at radius 3 is 2.53 bits per heavy atom. The molecule has 0 fully saturated rings. The van der Waals surface area contributed by atoms with Crippen LogP contribution in [-0.2, 0) is 9.53 Å². The van der Waals surface area contributed by atoms with Crippen molar-refractivity contribution >= 4 is 12.0 Å². The number of ether oxygens (including phenoxy) is 2. The maximum atomic E-state index is 10.7. The third-order valence-electron chi connectivity index (χ3n) is 1.71. The standard InChI is InChI=1S/C12H14O3/c1-10(13)15-12-7-5-11(6-8-12)4-3-9-14-2/h3-8H,9H2,1-2H3. The molecule has 3 nitrogen and oxygen atoms in total. The van der Waals surface area contributed by atoms with Crippen molar-refractivity contribution in [3.05, 3.63) is 35.9 Å². The van der Waals surface area contributed by atoms with Crippen molar-refractivity contribution in [3.63, 3.8) is 0 Å². The van der Waals surface area contributed by atoms with Gasteiger partial charge in [0.1, 0.15) is 5.75 Å². The van der Waals surface area contributed by atoms with E-state index >= 15 is 0 Å². The lowest BCUT2D eigenvalue weighted by atomic mass is 10.2. The molecule has 0 atom stereocenters. The highest BCUT2D eigenvalue weighted by atomic mass is 16.5. The summed E-state index contributed by atoms with van der Waals surface area (Å²) in [7, 11) is 1.65. The summed E-state index contributed by atoms with van der Waals surface area (Å²) in [5, 5.41) is 0. The van der Waals surface area contributed by atoms with Crippen molar-refractivity contribution in [2.24, 2.45) is 0 Å². The highest BCUT2D eigenvalue weighted by molar-refractivity contribution is 5.69. The number of carbonyl (C=O) groups excluding carboxylic acids is 1. The smallest absolute Gasteiger partial charge is 0.308 e. The summed E-state index contributed by atoms with van der Waals surface area (Å²) in [4.78, 5) is 10.7. The van der Waals surface area contributed by atoms with Gasteiger partial charge in [-0.1, -0.05) is 24.3 Å². The van der Waals surface area contributed by atoms with Crippen LogP contribution in [0.1, 0.15) is 12.5 Å². The summed E-state index contributed by atoms with van der Waals surface area (Å²) < 4.78 is 9.79. The molecule has 0 radical (unpaired) electrons. The highest BCUT2D eigenvalue weighted by Gasteiger charge is 1.96. The number of hydrogen-bond acceptors (Lipinski definition) is 3. The average molecular weight is 206 g/mol. The molecule has 0 saturated carbocycles. The Kier molecular flexibility index (Phi) is 4.57. The maximum Gasteiger partial charge on any atom is 0.308 e. The lowest BCUT2D eigenvalue weighted by Crippen LogP contribution is -2.00. The van der Waals surface area contributed by atoms with E-state index in [9.17, 15) is 4.79 Å². The second-order valence-electron chi connectivity index (χ2n) is 3.02. The molecule has 0 aliphatic heterocycles. The lowest BCUT2D eigenvalue weighted by Gasteiger charge is -2.00. The topological polar surface area (TPSA) is 35.5 Å². The molecule has 0 aliphatic rings. The fourth-order valence-corrected chi connectivity index (χ4v) is 1.09. The molecule has 0 N–H and O–H groups in total.